The number of morpholine rings is 1. The third-order valence-electron chi connectivity index (χ3n) is 4.78. The Morgan fingerprint density at radius 3 is 2.82 bits per heavy atom. The van der Waals surface area contributed by atoms with E-state index in [1.165, 1.54) is 0 Å². The number of nitrogens with one attached hydrogen (secondary N) is 1. The lowest BCUT2D eigenvalue weighted by Crippen LogP contribution is -2.36. The SMILES string of the molecule is O=C(NCc1ccc(N2CCOCC2)nc1)c1cccnc1O[C@H]1CCOC1. The predicted molar refractivity (Wildman–Crippen MR) is 103 cm³/mol. The minimum absolute atomic E-state index is 0.0571. The van der Waals surface area contributed by atoms with Crippen LogP contribution in [0.25, 0.3) is 0 Å². The molecule has 2 saturated heterocycles. The normalized spacial score (nSPS) is 19.4. The van der Waals surface area contributed by atoms with Crippen molar-refractivity contribution in [2.24, 2.45) is 0 Å². The molecule has 8 heteroatoms. The average Bonchev–Trinajstić information content (AvgIpc) is 3.26. The number of carbonyl (C=O) groups excluding carboxylic acids is 1. The minimum Gasteiger partial charge on any atom is -0.471 e. The summed E-state index contributed by atoms with van der Waals surface area (Å²) in [5, 5.41) is 2.92. The molecule has 0 unspecified atom stereocenters. The average molecular weight is 384 g/mol. The fourth-order valence-corrected chi connectivity index (χ4v) is 3.20. The highest BCUT2D eigenvalue weighted by molar-refractivity contribution is 5.96. The molecule has 0 bridgehead atoms. The number of aromatic nitrogens is 2. The largest absolute Gasteiger partial charge is 0.471 e. The Kier molecular flexibility index (Phi) is 5.98. The van der Waals surface area contributed by atoms with E-state index >= 15 is 0 Å². The van der Waals surface area contributed by atoms with Crippen LogP contribution in [0.15, 0.2) is 36.7 Å². The summed E-state index contributed by atoms with van der Waals surface area (Å²) in [6, 6.07) is 7.40. The van der Waals surface area contributed by atoms with Gasteiger partial charge >= 0.3 is 0 Å². The second-order valence-electron chi connectivity index (χ2n) is 6.77. The number of pyridine rings is 2. The van der Waals surface area contributed by atoms with Gasteiger partial charge in [-0.1, -0.05) is 6.07 Å². The third kappa shape index (κ3) is 4.58. The monoisotopic (exact) mass is 384 g/mol. The van der Waals surface area contributed by atoms with Crippen LogP contribution in [0.4, 0.5) is 5.82 Å². The molecule has 1 atom stereocenters. The van der Waals surface area contributed by atoms with Gasteiger partial charge in [0.2, 0.25) is 5.88 Å². The molecular weight excluding hydrogens is 360 g/mol. The molecule has 1 amide bonds. The Hall–Kier alpha value is -2.71. The van der Waals surface area contributed by atoms with Gasteiger partial charge in [-0.25, -0.2) is 9.97 Å². The van der Waals surface area contributed by atoms with Gasteiger partial charge < -0.3 is 24.4 Å². The van der Waals surface area contributed by atoms with E-state index in [0.29, 0.717) is 31.2 Å². The topological polar surface area (TPSA) is 85.8 Å². The molecule has 2 aromatic heterocycles. The van der Waals surface area contributed by atoms with Crippen LogP contribution < -0.4 is 15.0 Å². The molecule has 0 radical (unpaired) electrons. The number of hydrogen-bond acceptors (Lipinski definition) is 7. The van der Waals surface area contributed by atoms with Crippen LogP contribution in [0, 0.1) is 0 Å². The lowest BCUT2D eigenvalue weighted by molar-refractivity contribution is 0.0937. The Morgan fingerprint density at radius 2 is 2.07 bits per heavy atom. The molecule has 148 valence electrons. The van der Waals surface area contributed by atoms with Crippen LogP contribution in [-0.2, 0) is 16.0 Å². The summed E-state index contributed by atoms with van der Waals surface area (Å²) in [6.45, 7) is 4.73. The first-order valence-corrected chi connectivity index (χ1v) is 9.55. The smallest absolute Gasteiger partial charge is 0.257 e. The molecule has 4 rings (SSSR count). The Labute approximate surface area is 163 Å². The number of carbonyl (C=O) groups is 1. The van der Waals surface area contributed by atoms with Crippen LogP contribution in [0.2, 0.25) is 0 Å². The van der Waals surface area contributed by atoms with E-state index < -0.39 is 0 Å². The van der Waals surface area contributed by atoms with Crippen molar-refractivity contribution in [3.8, 4) is 5.88 Å². The van der Waals surface area contributed by atoms with Crippen molar-refractivity contribution in [2.75, 3.05) is 44.4 Å². The third-order valence-corrected chi connectivity index (χ3v) is 4.78. The van der Waals surface area contributed by atoms with Crippen molar-refractivity contribution in [3.63, 3.8) is 0 Å². The van der Waals surface area contributed by atoms with Crippen molar-refractivity contribution >= 4 is 11.7 Å². The van der Waals surface area contributed by atoms with Crippen molar-refractivity contribution in [1.29, 1.82) is 0 Å². The number of anilines is 1. The van der Waals surface area contributed by atoms with Gasteiger partial charge in [0, 0.05) is 38.4 Å². The maximum Gasteiger partial charge on any atom is 0.257 e. The van der Waals surface area contributed by atoms with Crippen molar-refractivity contribution < 1.29 is 19.0 Å². The predicted octanol–water partition coefficient (Wildman–Crippen LogP) is 1.41. The number of nitrogens with zero attached hydrogens (tertiary/aromatic N) is 3. The van der Waals surface area contributed by atoms with Crippen molar-refractivity contribution in [2.45, 2.75) is 19.1 Å². The van der Waals surface area contributed by atoms with Crippen molar-refractivity contribution in [3.05, 3.63) is 47.8 Å². The number of rotatable bonds is 6. The van der Waals surface area contributed by atoms with Gasteiger partial charge in [-0.05, 0) is 23.8 Å². The molecule has 2 fully saturated rings. The van der Waals surface area contributed by atoms with Gasteiger partial charge in [-0.15, -0.1) is 0 Å². The highest BCUT2D eigenvalue weighted by Gasteiger charge is 2.21. The zero-order valence-corrected chi connectivity index (χ0v) is 15.7. The maximum absolute atomic E-state index is 12.6. The summed E-state index contributed by atoms with van der Waals surface area (Å²) in [5.41, 5.74) is 1.35. The van der Waals surface area contributed by atoms with Gasteiger partial charge in [-0.3, -0.25) is 4.79 Å². The fraction of sp³-hybridized carbons (Fsp3) is 0.450. The highest BCUT2D eigenvalue weighted by atomic mass is 16.5. The van der Waals surface area contributed by atoms with Gasteiger partial charge in [0.25, 0.3) is 5.91 Å². The second kappa shape index (κ2) is 8.99. The molecule has 1 N–H and O–H groups in total. The summed E-state index contributed by atoms with van der Waals surface area (Å²) in [5.74, 6) is 1.05. The molecule has 0 spiro atoms. The lowest BCUT2D eigenvalue weighted by Gasteiger charge is -2.27. The van der Waals surface area contributed by atoms with E-state index in [1.54, 1.807) is 24.5 Å². The Bertz CT molecular complexity index is 787. The molecule has 4 heterocycles. The molecule has 0 aromatic carbocycles. The maximum atomic E-state index is 12.6. The zero-order chi connectivity index (χ0) is 19.2. The van der Waals surface area contributed by atoms with E-state index in [9.17, 15) is 4.79 Å². The standard InChI is InChI=1S/C20H24N4O4/c25-19(17-2-1-6-21-20(17)28-16-5-9-27-14-16)23-13-15-3-4-18(22-12-15)24-7-10-26-11-8-24/h1-4,6,12,16H,5,7-11,13-14H2,(H,23,25)/t16-/m0/s1. The Morgan fingerprint density at radius 1 is 1.18 bits per heavy atom. The molecule has 0 aliphatic carbocycles. The Balaban J connectivity index is 1.35. The van der Waals surface area contributed by atoms with Gasteiger partial charge in [0.15, 0.2) is 0 Å². The van der Waals surface area contributed by atoms with E-state index in [-0.39, 0.29) is 12.0 Å². The molecule has 28 heavy (non-hydrogen) atoms. The highest BCUT2D eigenvalue weighted by Crippen LogP contribution is 2.19. The van der Waals surface area contributed by atoms with Crippen LogP contribution in [0.5, 0.6) is 5.88 Å². The molecule has 2 aromatic rings. The molecule has 2 aliphatic rings. The molecule has 0 saturated carbocycles. The first-order valence-electron chi connectivity index (χ1n) is 9.55. The van der Waals surface area contributed by atoms with Gasteiger partial charge in [0.1, 0.15) is 17.5 Å². The summed E-state index contributed by atoms with van der Waals surface area (Å²) in [7, 11) is 0. The molecule has 2 aliphatic heterocycles. The first kappa shape index (κ1) is 18.6. The summed E-state index contributed by atoms with van der Waals surface area (Å²) >= 11 is 0. The van der Waals surface area contributed by atoms with Crippen LogP contribution in [0.1, 0.15) is 22.3 Å². The van der Waals surface area contributed by atoms with E-state index in [2.05, 4.69) is 20.2 Å². The number of hydrogen-bond donors (Lipinski definition) is 1. The van der Waals surface area contributed by atoms with Crippen LogP contribution in [0.3, 0.4) is 0 Å². The molecular formula is C20H24N4O4. The van der Waals surface area contributed by atoms with Crippen molar-refractivity contribution in [1.82, 2.24) is 15.3 Å². The summed E-state index contributed by atoms with van der Waals surface area (Å²) < 4.78 is 16.5. The first-order chi connectivity index (χ1) is 13.8. The van der Waals surface area contributed by atoms with E-state index in [1.807, 2.05) is 12.1 Å². The molecule has 8 nitrogen and oxygen atoms in total. The number of ether oxygens (including phenoxy) is 3. The second-order valence-corrected chi connectivity index (χ2v) is 6.77. The van der Waals surface area contributed by atoms with E-state index in [0.717, 1.165) is 44.1 Å². The number of amides is 1. The lowest BCUT2D eigenvalue weighted by atomic mass is 10.2. The van der Waals surface area contributed by atoms with Crippen LogP contribution >= 0.6 is 0 Å². The summed E-state index contributed by atoms with van der Waals surface area (Å²) in [4.78, 5) is 23.5. The quantitative estimate of drug-likeness (QED) is 0.806. The zero-order valence-electron chi connectivity index (χ0n) is 15.7. The van der Waals surface area contributed by atoms with Gasteiger partial charge in [-0.2, -0.15) is 0 Å². The summed E-state index contributed by atoms with van der Waals surface area (Å²) in [6.07, 6.45) is 4.16. The minimum atomic E-state index is -0.223. The van der Waals surface area contributed by atoms with Gasteiger partial charge in [0.05, 0.1) is 26.4 Å². The fourth-order valence-electron chi connectivity index (χ4n) is 3.20. The van der Waals surface area contributed by atoms with Crippen LogP contribution in [-0.4, -0.2) is 61.5 Å². The van der Waals surface area contributed by atoms with E-state index in [4.69, 9.17) is 14.2 Å².